The molecule has 0 radical (unpaired) electrons. The van der Waals surface area contributed by atoms with Gasteiger partial charge in [0, 0.05) is 5.92 Å². The molecule has 2 heterocycles. The fourth-order valence-corrected chi connectivity index (χ4v) is 3.18. The lowest BCUT2D eigenvalue weighted by molar-refractivity contribution is -0.113. The lowest BCUT2D eigenvalue weighted by Crippen LogP contribution is -2.13. The summed E-state index contributed by atoms with van der Waals surface area (Å²) in [5, 5.41) is 10.5. The number of carbonyl (C=O) groups excluding carboxylic acids is 2. The van der Waals surface area contributed by atoms with Gasteiger partial charge in [0.15, 0.2) is 5.13 Å². The zero-order valence-electron chi connectivity index (χ0n) is 13.9. The molecule has 24 heavy (non-hydrogen) atoms. The number of aromatic nitrogens is 4. The number of H-pyrrole nitrogens is 1. The number of carbonyl (C=O) groups is 2. The Hall–Kier alpha value is -1.94. The van der Waals surface area contributed by atoms with Crippen LogP contribution in [-0.4, -0.2) is 44.4 Å². The van der Waals surface area contributed by atoms with E-state index in [9.17, 15) is 9.59 Å². The third-order valence-electron chi connectivity index (χ3n) is 2.87. The summed E-state index contributed by atoms with van der Waals surface area (Å²) >= 11 is 2.33. The number of hydrogen-bond acceptors (Lipinski definition) is 8. The molecule has 130 valence electrons. The molecule has 2 aromatic heterocycles. The minimum atomic E-state index is -0.427. The highest BCUT2D eigenvalue weighted by molar-refractivity contribution is 7.99. The quantitative estimate of drug-likeness (QED) is 0.570. The van der Waals surface area contributed by atoms with E-state index in [0.29, 0.717) is 27.5 Å². The van der Waals surface area contributed by atoms with Crippen molar-refractivity contribution in [3.05, 3.63) is 16.4 Å². The summed E-state index contributed by atoms with van der Waals surface area (Å²) in [4.78, 5) is 32.6. The predicted molar refractivity (Wildman–Crippen MR) is 92.6 cm³/mol. The van der Waals surface area contributed by atoms with Crippen molar-refractivity contribution in [3.63, 3.8) is 0 Å². The molecular formula is C14H19N5O3S2. The Morgan fingerprint density at radius 3 is 2.75 bits per heavy atom. The van der Waals surface area contributed by atoms with Gasteiger partial charge in [-0.05, 0) is 13.8 Å². The number of esters is 1. The second kappa shape index (κ2) is 8.25. The summed E-state index contributed by atoms with van der Waals surface area (Å²) in [6.07, 6.45) is 0. The number of anilines is 1. The molecule has 10 heteroatoms. The van der Waals surface area contributed by atoms with Crippen molar-refractivity contribution >= 4 is 40.1 Å². The molecule has 0 spiro atoms. The molecule has 0 unspecified atom stereocenters. The van der Waals surface area contributed by atoms with E-state index in [-0.39, 0.29) is 17.6 Å². The van der Waals surface area contributed by atoms with Crippen LogP contribution in [0.25, 0.3) is 0 Å². The standard InChI is InChI=1S/C14H19N5O3S2/c1-5-22-12(21)10-8(4)15-13(24-10)16-9(20)6-23-14-17-11(7(2)3)18-19-14/h7H,5-6H2,1-4H3,(H,15,16,20)(H,17,18,19). The van der Waals surface area contributed by atoms with E-state index in [0.717, 1.165) is 17.2 Å². The second-order valence-electron chi connectivity index (χ2n) is 5.15. The zero-order valence-corrected chi connectivity index (χ0v) is 15.5. The van der Waals surface area contributed by atoms with Gasteiger partial charge < -0.3 is 10.1 Å². The highest BCUT2D eigenvalue weighted by Crippen LogP contribution is 2.24. The maximum absolute atomic E-state index is 12.0. The Bertz CT molecular complexity index is 726. The van der Waals surface area contributed by atoms with Gasteiger partial charge in [-0.1, -0.05) is 36.9 Å². The number of rotatable bonds is 7. The Labute approximate surface area is 147 Å². The van der Waals surface area contributed by atoms with Crippen molar-refractivity contribution in [1.29, 1.82) is 0 Å². The minimum Gasteiger partial charge on any atom is -0.462 e. The Balaban J connectivity index is 1.90. The lowest BCUT2D eigenvalue weighted by atomic mass is 10.2. The highest BCUT2D eigenvalue weighted by atomic mass is 32.2. The molecule has 0 atom stereocenters. The number of thiazole rings is 1. The first-order valence-electron chi connectivity index (χ1n) is 7.40. The fraction of sp³-hybridized carbons (Fsp3) is 0.500. The molecule has 0 aliphatic rings. The van der Waals surface area contributed by atoms with Crippen molar-refractivity contribution in [2.24, 2.45) is 0 Å². The summed E-state index contributed by atoms with van der Waals surface area (Å²) in [5.41, 5.74) is 0.539. The van der Waals surface area contributed by atoms with Gasteiger partial charge in [-0.25, -0.2) is 14.8 Å². The molecule has 0 saturated carbocycles. The number of ether oxygens (including phenoxy) is 1. The third kappa shape index (κ3) is 4.78. The van der Waals surface area contributed by atoms with Gasteiger partial charge in [-0.2, -0.15) is 0 Å². The molecule has 2 N–H and O–H groups in total. The van der Waals surface area contributed by atoms with E-state index in [2.05, 4.69) is 25.5 Å². The van der Waals surface area contributed by atoms with Crippen LogP contribution in [-0.2, 0) is 9.53 Å². The van der Waals surface area contributed by atoms with Crippen LogP contribution < -0.4 is 5.32 Å². The van der Waals surface area contributed by atoms with E-state index in [1.807, 2.05) is 13.8 Å². The van der Waals surface area contributed by atoms with Gasteiger partial charge >= 0.3 is 5.97 Å². The largest absolute Gasteiger partial charge is 0.462 e. The lowest BCUT2D eigenvalue weighted by Gasteiger charge is -1.99. The smallest absolute Gasteiger partial charge is 0.350 e. The van der Waals surface area contributed by atoms with Gasteiger partial charge in [-0.15, -0.1) is 5.10 Å². The molecule has 0 aromatic carbocycles. The molecule has 2 aromatic rings. The average Bonchev–Trinajstić information content (AvgIpc) is 3.12. The molecular weight excluding hydrogens is 350 g/mol. The molecule has 0 saturated heterocycles. The number of nitrogens with zero attached hydrogens (tertiary/aromatic N) is 3. The molecule has 0 aliphatic heterocycles. The monoisotopic (exact) mass is 369 g/mol. The van der Waals surface area contributed by atoms with Crippen LogP contribution in [0, 0.1) is 6.92 Å². The van der Waals surface area contributed by atoms with Crippen LogP contribution in [0.1, 0.15) is 47.9 Å². The number of thioether (sulfide) groups is 1. The van der Waals surface area contributed by atoms with E-state index in [1.54, 1.807) is 13.8 Å². The van der Waals surface area contributed by atoms with Gasteiger partial charge in [0.2, 0.25) is 11.1 Å². The van der Waals surface area contributed by atoms with Crippen molar-refractivity contribution in [2.45, 2.75) is 38.8 Å². The van der Waals surface area contributed by atoms with Crippen LogP contribution in [0.5, 0.6) is 0 Å². The van der Waals surface area contributed by atoms with E-state index >= 15 is 0 Å². The van der Waals surface area contributed by atoms with E-state index in [4.69, 9.17) is 4.74 Å². The first-order valence-corrected chi connectivity index (χ1v) is 9.20. The van der Waals surface area contributed by atoms with E-state index in [1.165, 1.54) is 11.8 Å². The van der Waals surface area contributed by atoms with Crippen LogP contribution in [0.3, 0.4) is 0 Å². The van der Waals surface area contributed by atoms with Crippen LogP contribution in [0.4, 0.5) is 5.13 Å². The third-order valence-corrected chi connectivity index (χ3v) is 4.77. The van der Waals surface area contributed by atoms with Gasteiger partial charge in [-0.3, -0.25) is 9.89 Å². The number of aromatic amines is 1. The normalized spacial score (nSPS) is 10.9. The second-order valence-corrected chi connectivity index (χ2v) is 7.09. The molecule has 0 fully saturated rings. The topological polar surface area (TPSA) is 110 Å². The van der Waals surface area contributed by atoms with Gasteiger partial charge in [0.1, 0.15) is 10.7 Å². The summed E-state index contributed by atoms with van der Waals surface area (Å²) in [6.45, 7) is 7.75. The van der Waals surface area contributed by atoms with Crippen molar-refractivity contribution in [3.8, 4) is 0 Å². The Morgan fingerprint density at radius 1 is 1.38 bits per heavy atom. The number of aryl methyl sites for hydroxylation is 1. The Morgan fingerprint density at radius 2 is 2.12 bits per heavy atom. The fourth-order valence-electron chi connectivity index (χ4n) is 1.70. The summed E-state index contributed by atoms with van der Waals surface area (Å²) in [7, 11) is 0. The average molecular weight is 369 g/mol. The maximum atomic E-state index is 12.0. The number of nitrogens with one attached hydrogen (secondary N) is 2. The van der Waals surface area contributed by atoms with Crippen LogP contribution in [0.15, 0.2) is 5.16 Å². The Kier molecular flexibility index (Phi) is 6.32. The van der Waals surface area contributed by atoms with Crippen molar-refractivity contribution in [1.82, 2.24) is 20.2 Å². The van der Waals surface area contributed by atoms with Crippen LogP contribution >= 0.6 is 23.1 Å². The number of amides is 1. The molecule has 0 bridgehead atoms. The number of hydrogen-bond donors (Lipinski definition) is 2. The SMILES string of the molecule is CCOC(=O)c1sc(NC(=O)CSc2n[nH]c(C(C)C)n2)nc1C. The molecule has 1 amide bonds. The first-order chi connectivity index (χ1) is 11.4. The van der Waals surface area contributed by atoms with Gasteiger partial charge in [0.25, 0.3) is 0 Å². The minimum absolute atomic E-state index is 0.156. The van der Waals surface area contributed by atoms with Crippen LogP contribution in [0.2, 0.25) is 0 Å². The van der Waals surface area contributed by atoms with E-state index < -0.39 is 5.97 Å². The summed E-state index contributed by atoms with van der Waals surface area (Å²) in [6, 6.07) is 0. The first kappa shape index (κ1) is 18.4. The molecule has 2 rings (SSSR count). The molecule has 0 aliphatic carbocycles. The predicted octanol–water partition coefficient (Wildman–Crippen LogP) is 2.60. The molecule has 8 nitrogen and oxygen atoms in total. The van der Waals surface area contributed by atoms with Crippen molar-refractivity contribution in [2.75, 3.05) is 17.7 Å². The summed E-state index contributed by atoms with van der Waals surface area (Å²) < 4.78 is 4.95. The maximum Gasteiger partial charge on any atom is 0.350 e. The highest BCUT2D eigenvalue weighted by Gasteiger charge is 2.18. The van der Waals surface area contributed by atoms with Crippen molar-refractivity contribution < 1.29 is 14.3 Å². The zero-order chi connectivity index (χ0) is 17.7. The summed E-state index contributed by atoms with van der Waals surface area (Å²) in [5.74, 6) is 0.528. The van der Waals surface area contributed by atoms with Gasteiger partial charge in [0.05, 0.1) is 18.1 Å².